The summed E-state index contributed by atoms with van der Waals surface area (Å²) in [6, 6.07) is 5.36. The molecular weight excluding hydrogens is 353 g/mol. The van der Waals surface area contributed by atoms with E-state index in [0.29, 0.717) is 16.9 Å². The van der Waals surface area contributed by atoms with Crippen molar-refractivity contribution >= 4 is 56.7 Å². The molecule has 0 aliphatic heterocycles. The van der Waals surface area contributed by atoms with Gasteiger partial charge in [0.25, 0.3) is 0 Å². The van der Waals surface area contributed by atoms with E-state index in [0.717, 1.165) is 10.2 Å². The summed E-state index contributed by atoms with van der Waals surface area (Å²) in [5.74, 6) is 0.847. The fourth-order valence-corrected chi connectivity index (χ4v) is 2.24. The maximum Gasteiger partial charge on any atom is 0.233 e. The predicted octanol–water partition coefficient (Wildman–Crippen LogP) is 3.75. The second kappa shape index (κ2) is 5.90. The summed E-state index contributed by atoms with van der Waals surface area (Å²) in [6.07, 6.45) is 0. The average molecular weight is 363 g/mol. The number of rotatable bonds is 3. The summed E-state index contributed by atoms with van der Waals surface area (Å²) in [7, 11) is 3.65. The number of anilines is 3. The summed E-state index contributed by atoms with van der Waals surface area (Å²) < 4.78 is 0.808. The van der Waals surface area contributed by atoms with Gasteiger partial charge in [-0.15, -0.1) is 0 Å². The molecule has 1 aromatic heterocycles. The zero-order valence-corrected chi connectivity index (χ0v) is 13.3. The second-order valence-electron chi connectivity index (χ2n) is 3.87. The van der Waals surface area contributed by atoms with Gasteiger partial charge in [-0.2, -0.15) is 15.0 Å². The number of halogens is 3. The molecule has 0 radical (unpaired) electrons. The molecule has 0 amide bonds. The van der Waals surface area contributed by atoms with E-state index in [1.54, 1.807) is 17.0 Å². The highest BCUT2D eigenvalue weighted by atomic mass is 79.9. The van der Waals surface area contributed by atoms with Crippen LogP contribution in [0.3, 0.4) is 0 Å². The third-order valence-electron chi connectivity index (χ3n) is 2.17. The van der Waals surface area contributed by atoms with Crippen molar-refractivity contribution in [3.05, 3.63) is 33.0 Å². The van der Waals surface area contributed by atoms with Crippen molar-refractivity contribution in [2.24, 2.45) is 0 Å². The van der Waals surface area contributed by atoms with Crippen molar-refractivity contribution in [3.8, 4) is 0 Å². The standard InChI is InChI=1S/C11H10BrCl2N5/c1-19(2)11-17-9(14)16-10(18-11)15-8-4-3-6(13)5-7(8)12/h3-5H,1-2H3,(H,15,16,17,18). The first-order valence-corrected chi connectivity index (χ1v) is 6.81. The van der Waals surface area contributed by atoms with Crippen molar-refractivity contribution < 1.29 is 0 Å². The Kier molecular flexibility index (Phi) is 4.44. The Morgan fingerprint density at radius 3 is 2.53 bits per heavy atom. The molecule has 0 spiro atoms. The molecule has 0 fully saturated rings. The van der Waals surface area contributed by atoms with Crippen LogP contribution < -0.4 is 10.2 Å². The summed E-state index contributed by atoms with van der Waals surface area (Å²) in [6.45, 7) is 0. The van der Waals surface area contributed by atoms with Crippen LogP contribution in [0, 0.1) is 0 Å². The molecular formula is C11H10BrCl2N5. The molecule has 0 unspecified atom stereocenters. The molecule has 0 aliphatic rings. The molecule has 2 rings (SSSR count). The first-order valence-electron chi connectivity index (χ1n) is 5.26. The minimum atomic E-state index is 0.131. The lowest BCUT2D eigenvalue weighted by atomic mass is 10.3. The van der Waals surface area contributed by atoms with Gasteiger partial charge < -0.3 is 10.2 Å². The van der Waals surface area contributed by atoms with E-state index in [1.807, 2.05) is 20.2 Å². The maximum absolute atomic E-state index is 5.89. The van der Waals surface area contributed by atoms with Gasteiger partial charge in [0.1, 0.15) is 0 Å². The average Bonchev–Trinajstić information content (AvgIpc) is 2.32. The van der Waals surface area contributed by atoms with Crippen LogP contribution in [0.2, 0.25) is 10.3 Å². The molecule has 1 aromatic carbocycles. The normalized spacial score (nSPS) is 10.4. The Hall–Kier alpha value is -1.11. The molecule has 100 valence electrons. The number of nitrogens with zero attached hydrogens (tertiary/aromatic N) is 4. The van der Waals surface area contributed by atoms with E-state index in [2.05, 4.69) is 36.2 Å². The SMILES string of the molecule is CN(C)c1nc(Cl)nc(Nc2ccc(Cl)cc2Br)n1. The number of aromatic nitrogens is 3. The zero-order valence-electron chi connectivity index (χ0n) is 10.2. The molecule has 0 atom stereocenters. The fraction of sp³-hybridized carbons (Fsp3) is 0.182. The van der Waals surface area contributed by atoms with Crippen LogP contribution in [0.15, 0.2) is 22.7 Å². The molecule has 5 nitrogen and oxygen atoms in total. The van der Waals surface area contributed by atoms with Gasteiger partial charge in [-0.25, -0.2) is 0 Å². The lowest BCUT2D eigenvalue weighted by molar-refractivity contribution is 0.961. The number of benzene rings is 1. The van der Waals surface area contributed by atoms with Gasteiger partial charge in [0, 0.05) is 23.6 Å². The monoisotopic (exact) mass is 361 g/mol. The molecule has 8 heteroatoms. The van der Waals surface area contributed by atoms with Gasteiger partial charge in [-0.1, -0.05) is 11.6 Å². The Morgan fingerprint density at radius 1 is 1.16 bits per heavy atom. The number of hydrogen-bond acceptors (Lipinski definition) is 5. The Morgan fingerprint density at radius 2 is 1.89 bits per heavy atom. The van der Waals surface area contributed by atoms with Gasteiger partial charge in [0.05, 0.1) is 5.69 Å². The number of hydrogen-bond donors (Lipinski definition) is 1. The third-order valence-corrected chi connectivity index (χ3v) is 3.23. The second-order valence-corrected chi connectivity index (χ2v) is 5.50. The molecule has 0 saturated heterocycles. The molecule has 19 heavy (non-hydrogen) atoms. The number of nitrogens with one attached hydrogen (secondary N) is 1. The van der Waals surface area contributed by atoms with Crippen LogP contribution in [0.1, 0.15) is 0 Å². The topological polar surface area (TPSA) is 53.9 Å². The first-order chi connectivity index (χ1) is 8.95. The summed E-state index contributed by atoms with van der Waals surface area (Å²) in [4.78, 5) is 14.0. The van der Waals surface area contributed by atoms with Gasteiger partial charge in [-0.3, -0.25) is 0 Å². The van der Waals surface area contributed by atoms with E-state index in [-0.39, 0.29) is 5.28 Å². The van der Waals surface area contributed by atoms with E-state index < -0.39 is 0 Å². The van der Waals surface area contributed by atoms with Crippen LogP contribution in [0.5, 0.6) is 0 Å². The molecule has 0 aliphatic carbocycles. The highest BCUT2D eigenvalue weighted by molar-refractivity contribution is 9.10. The van der Waals surface area contributed by atoms with Crippen LogP contribution in [0.25, 0.3) is 0 Å². The van der Waals surface area contributed by atoms with E-state index in [4.69, 9.17) is 23.2 Å². The van der Waals surface area contributed by atoms with Crippen molar-refractivity contribution in [1.82, 2.24) is 15.0 Å². The fourth-order valence-electron chi connectivity index (χ4n) is 1.31. The van der Waals surface area contributed by atoms with Crippen LogP contribution >= 0.6 is 39.1 Å². The highest BCUT2D eigenvalue weighted by Crippen LogP contribution is 2.28. The van der Waals surface area contributed by atoms with Crippen molar-refractivity contribution in [1.29, 1.82) is 0 Å². The van der Waals surface area contributed by atoms with E-state index >= 15 is 0 Å². The minimum Gasteiger partial charge on any atom is -0.347 e. The van der Waals surface area contributed by atoms with Gasteiger partial charge >= 0.3 is 0 Å². The van der Waals surface area contributed by atoms with E-state index in [1.165, 1.54) is 0 Å². The van der Waals surface area contributed by atoms with Crippen molar-refractivity contribution in [3.63, 3.8) is 0 Å². The third kappa shape index (κ3) is 3.68. The molecule has 0 bridgehead atoms. The van der Waals surface area contributed by atoms with Crippen molar-refractivity contribution in [2.45, 2.75) is 0 Å². The highest BCUT2D eigenvalue weighted by Gasteiger charge is 2.08. The van der Waals surface area contributed by atoms with Gasteiger partial charge in [0.15, 0.2) is 0 Å². The molecule has 1 N–H and O–H groups in total. The van der Waals surface area contributed by atoms with Crippen LogP contribution in [0.4, 0.5) is 17.6 Å². The maximum atomic E-state index is 5.89. The van der Waals surface area contributed by atoms with Gasteiger partial charge in [-0.05, 0) is 45.7 Å². The predicted molar refractivity (Wildman–Crippen MR) is 81.6 cm³/mol. The lowest BCUT2D eigenvalue weighted by Gasteiger charge is -2.12. The smallest absolute Gasteiger partial charge is 0.233 e. The van der Waals surface area contributed by atoms with E-state index in [9.17, 15) is 0 Å². The molecule has 1 heterocycles. The van der Waals surface area contributed by atoms with Crippen LogP contribution in [-0.4, -0.2) is 29.0 Å². The largest absolute Gasteiger partial charge is 0.347 e. The van der Waals surface area contributed by atoms with Gasteiger partial charge in [0.2, 0.25) is 17.2 Å². The Balaban J connectivity index is 2.32. The summed E-state index contributed by atoms with van der Waals surface area (Å²) >= 11 is 15.2. The lowest BCUT2D eigenvalue weighted by Crippen LogP contribution is -2.14. The molecule has 0 saturated carbocycles. The minimum absolute atomic E-state index is 0.131. The quantitative estimate of drug-likeness (QED) is 0.901. The Labute approximate surface area is 129 Å². The Bertz CT molecular complexity index is 606. The summed E-state index contributed by atoms with van der Waals surface area (Å²) in [5, 5.41) is 3.83. The zero-order chi connectivity index (χ0) is 14.0. The van der Waals surface area contributed by atoms with Crippen LogP contribution in [-0.2, 0) is 0 Å². The molecule has 2 aromatic rings. The first kappa shape index (κ1) is 14.3. The van der Waals surface area contributed by atoms with Crippen molar-refractivity contribution in [2.75, 3.05) is 24.3 Å². The summed E-state index contributed by atoms with van der Waals surface area (Å²) in [5.41, 5.74) is 0.788.